The van der Waals surface area contributed by atoms with Crippen LogP contribution in [0.1, 0.15) is 18.9 Å². The maximum Gasteiger partial charge on any atom is 0.469 e. The fourth-order valence-corrected chi connectivity index (χ4v) is 5.38. The van der Waals surface area contributed by atoms with E-state index >= 15 is 0 Å². The molecule has 1 atom stereocenters. The molecule has 4 aromatic rings. The summed E-state index contributed by atoms with van der Waals surface area (Å²) in [6.07, 6.45) is 2.55. The molecule has 0 radical (unpaired) electrons. The molecule has 0 spiro atoms. The lowest BCUT2D eigenvalue weighted by atomic mass is 9.99. The van der Waals surface area contributed by atoms with Crippen LogP contribution < -0.4 is 4.74 Å². The smallest absolute Gasteiger partial charge is 0.469 e. The van der Waals surface area contributed by atoms with Gasteiger partial charge in [0, 0.05) is 36.1 Å². The number of rotatable bonds is 12. The van der Waals surface area contributed by atoms with E-state index in [-0.39, 0.29) is 6.61 Å². The van der Waals surface area contributed by atoms with Gasteiger partial charge in [0.05, 0.1) is 18.7 Å². The van der Waals surface area contributed by atoms with Gasteiger partial charge in [-0.3, -0.25) is 4.52 Å². The maximum atomic E-state index is 12.4. The van der Waals surface area contributed by atoms with E-state index in [1.54, 1.807) is 0 Å². The van der Waals surface area contributed by atoms with Crippen LogP contribution in [0.2, 0.25) is 0 Å². The third-order valence-electron chi connectivity index (χ3n) is 6.05. The van der Waals surface area contributed by atoms with E-state index in [4.69, 9.17) is 14.5 Å². The van der Waals surface area contributed by atoms with Gasteiger partial charge in [-0.05, 0) is 79.4 Å². The number of nitrogens with zero attached hydrogens (tertiary/aromatic N) is 2. The van der Waals surface area contributed by atoms with E-state index in [0.717, 1.165) is 55.7 Å². The molecular weight excluding hydrogens is 513 g/mol. The molecule has 3 N–H and O–H groups in total. The van der Waals surface area contributed by atoms with Crippen molar-refractivity contribution in [2.24, 2.45) is 0 Å². The van der Waals surface area contributed by atoms with Crippen molar-refractivity contribution >= 4 is 40.9 Å². The fraction of sp³-hybridized carbons (Fsp3) is 0.346. The highest BCUT2D eigenvalue weighted by atomic mass is 32.2. The van der Waals surface area contributed by atoms with Crippen molar-refractivity contribution in [2.45, 2.75) is 25.2 Å². The summed E-state index contributed by atoms with van der Waals surface area (Å²) in [4.78, 5) is 28.3. The van der Waals surface area contributed by atoms with Crippen LogP contribution in [0.4, 0.5) is 0 Å². The lowest BCUT2D eigenvalue weighted by Gasteiger charge is -2.17. The number of H-pyrrole nitrogens is 1. The fourth-order valence-electron chi connectivity index (χ4n) is 4.24. The van der Waals surface area contributed by atoms with Crippen LogP contribution in [0.5, 0.6) is 5.75 Å². The van der Waals surface area contributed by atoms with Crippen LogP contribution in [0.3, 0.4) is 0 Å². The monoisotopic (exact) mass is 545 g/mol. The number of nitrogens with one attached hydrogen (secondary N) is 1. The zero-order valence-electron chi connectivity index (χ0n) is 21.1. The third-order valence-corrected chi connectivity index (χ3v) is 7.87. The molecule has 2 aromatic heterocycles. The Kier molecular flexibility index (Phi) is 8.92. The predicted octanol–water partition coefficient (Wildman–Crippen LogP) is 4.63. The number of ether oxygens (including phenoxy) is 1. The van der Waals surface area contributed by atoms with Gasteiger partial charge in [0.2, 0.25) is 0 Å². The number of likely N-dealkylation sites (N-methyl/N-ethyl adjacent to an activating group) is 1. The highest BCUT2D eigenvalue weighted by Crippen LogP contribution is 2.39. The molecule has 37 heavy (non-hydrogen) atoms. The number of aryl methyl sites for hydroxylation is 1. The van der Waals surface area contributed by atoms with Crippen LogP contribution in [0, 0.1) is 6.92 Å². The Hall–Kier alpha value is -2.43. The largest absolute Gasteiger partial charge is 0.611 e. The van der Waals surface area contributed by atoms with Gasteiger partial charge in [0.15, 0.2) is 4.90 Å². The number of pyridine rings is 1. The van der Waals surface area contributed by atoms with Gasteiger partial charge in [0.1, 0.15) is 17.1 Å². The van der Waals surface area contributed by atoms with Crippen molar-refractivity contribution < 1.29 is 28.2 Å². The number of hydrogen-bond donors (Lipinski definition) is 3. The number of fused-ring (bicyclic) bond motifs is 3. The Morgan fingerprint density at radius 3 is 2.73 bits per heavy atom. The second kappa shape index (κ2) is 12.0. The first-order valence-corrected chi connectivity index (χ1v) is 14.9. The topological polar surface area (TPSA) is 131 Å². The van der Waals surface area contributed by atoms with Gasteiger partial charge in [-0.15, -0.1) is 0 Å². The SMILES string of the molecule is CC[S+]([O-])c1cccc(-c2ccc(OCCCN(C)CCOP(=O)(O)O)c3[nH]c4ncc(C)cc4c23)c1. The summed E-state index contributed by atoms with van der Waals surface area (Å²) >= 11 is -1.05. The van der Waals surface area contributed by atoms with Crippen molar-refractivity contribution in [3.05, 3.63) is 54.2 Å². The van der Waals surface area contributed by atoms with E-state index in [2.05, 4.69) is 20.6 Å². The molecule has 0 aliphatic rings. The molecule has 2 heterocycles. The summed E-state index contributed by atoms with van der Waals surface area (Å²) in [6, 6.07) is 13.9. The molecule has 0 fully saturated rings. The third kappa shape index (κ3) is 6.91. The molecule has 0 aliphatic carbocycles. The Bertz CT molecular complexity index is 1420. The molecule has 0 amide bonds. The second-order valence-electron chi connectivity index (χ2n) is 8.89. The number of phosphoric ester groups is 1. The van der Waals surface area contributed by atoms with Crippen molar-refractivity contribution in [3.63, 3.8) is 0 Å². The first-order chi connectivity index (χ1) is 17.7. The van der Waals surface area contributed by atoms with Crippen LogP contribution in [0.15, 0.2) is 53.6 Å². The molecule has 9 nitrogen and oxygen atoms in total. The molecule has 0 aliphatic heterocycles. The molecule has 0 saturated carbocycles. The van der Waals surface area contributed by atoms with Gasteiger partial charge in [-0.2, -0.15) is 0 Å². The van der Waals surface area contributed by atoms with Gasteiger partial charge in [-0.1, -0.05) is 12.1 Å². The van der Waals surface area contributed by atoms with E-state index in [1.807, 2.05) is 68.4 Å². The summed E-state index contributed by atoms with van der Waals surface area (Å²) in [6.45, 7) is 5.43. The minimum Gasteiger partial charge on any atom is -0.611 e. The van der Waals surface area contributed by atoms with Crippen molar-refractivity contribution in [1.29, 1.82) is 0 Å². The lowest BCUT2D eigenvalue weighted by Crippen LogP contribution is -2.25. The van der Waals surface area contributed by atoms with Crippen molar-refractivity contribution in [1.82, 2.24) is 14.9 Å². The maximum absolute atomic E-state index is 12.4. The molecule has 0 saturated heterocycles. The van der Waals surface area contributed by atoms with Gasteiger partial charge in [-0.25, -0.2) is 9.55 Å². The molecule has 1 unspecified atom stereocenters. The zero-order valence-corrected chi connectivity index (χ0v) is 22.8. The summed E-state index contributed by atoms with van der Waals surface area (Å²) in [5, 5.41) is 2.01. The number of phosphoric acid groups is 1. The average molecular weight is 546 g/mol. The number of hydrogen-bond acceptors (Lipinski definition) is 6. The van der Waals surface area contributed by atoms with Gasteiger partial charge < -0.3 is 29.0 Å². The van der Waals surface area contributed by atoms with Crippen molar-refractivity contribution in [3.8, 4) is 16.9 Å². The molecule has 11 heteroatoms. The summed E-state index contributed by atoms with van der Waals surface area (Å²) in [7, 11) is -2.58. The number of benzene rings is 2. The Labute approximate surface area is 219 Å². The minimum atomic E-state index is -4.44. The summed E-state index contributed by atoms with van der Waals surface area (Å²) in [5.41, 5.74) is 4.68. The quantitative estimate of drug-likeness (QED) is 0.133. The normalized spacial score (nSPS) is 13.1. The zero-order chi connectivity index (χ0) is 26.6. The molecule has 198 valence electrons. The molecular formula is C26H32N3O6PS. The second-order valence-corrected chi connectivity index (χ2v) is 11.9. The van der Waals surface area contributed by atoms with Crippen LogP contribution in [-0.2, 0) is 20.3 Å². The van der Waals surface area contributed by atoms with E-state index in [1.165, 1.54) is 0 Å². The highest BCUT2D eigenvalue weighted by Gasteiger charge is 2.18. The summed E-state index contributed by atoms with van der Waals surface area (Å²) in [5.74, 6) is 1.28. The number of aromatic nitrogens is 2. The average Bonchev–Trinajstić information content (AvgIpc) is 3.24. The molecule has 2 aromatic carbocycles. The molecule has 4 rings (SSSR count). The van der Waals surface area contributed by atoms with E-state index in [9.17, 15) is 9.12 Å². The van der Waals surface area contributed by atoms with Crippen LogP contribution in [-0.4, -0.2) is 68.3 Å². The summed E-state index contributed by atoms with van der Waals surface area (Å²) < 4.78 is 33.9. The first-order valence-electron chi connectivity index (χ1n) is 12.1. The number of aromatic amines is 1. The minimum absolute atomic E-state index is 0.0434. The molecule has 0 bridgehead atoms. The van der Waals surface area contributed by atoms with Gasteiger partial charge in [0.25, 0.3) is 0 Å². The van der Waals surface area contributed by atoms with E-state index in [0.29, 0.717) is 25.4 Å². The first kappa shape index (κ1) is 27.6. The van der Waals surface area contributed by atoms with Crippen LogP contribution in [0.25, 0.3) is 33.1 Å². The standard InChI is InChI=1S/C26H32N3O6PS/c1-4-37(33)20-8-5-7-19(16-20)21-9-10-23(25-24(21)22-15-18(2)17-27-26(22)28-25)34-13-6-11-29(3)12-14-35-36(30,31)32/h5,7-10,15-17H,4,6,11-14H2,1-3H3,(H,27,28)(H2,30,31,32). The van der Waals surface area contributed by atoms with Crippen molar-refractivity contribution in [2.75, 3.05) is 39.1 Å². The van der Waals surface area contributed by atoms with Crippen LogP contribution >= 0.6 is 7.82 Å². The lowest BCUT2D eigenvalue weighted by molar-refractivity contribution is 0.168. The van der Waals surface area contributed by atoms with Gasteiger partial charge >= 0.3 is 7.82 Å². The van der Waals surface area contributed by atoms with E-state index < -0.39 is 19.0 Å². The highest BCUT2D eigenvalue weighted by molar-refractivity contribution is 7.91. The Morgan fingerprint density at radius 1 is 1.16 bits per heavy atom. The predicted molar refractivity (Wildman–Crippen MR) is 146 cm³/mol. The Balaban J connectivity index is 1.57. The Morgan fingerprint density at radius 2 is 1.97 bits per heavy atom.